The van der Waals surface area contributed by atoms with Crippen molar-refractivity contribution in [3.63, 3.8) is 0 Å². The highest BCUT2D eigenvalue weighted by Gasteiger charge is 1.95. The third-order valence-electron chi connectivity index (χ3n) is 1.95. The molecule has 0 unspecified atom stereocenters. The molecule has 0 radical (unpaired) electrons. The number of halogens is 1. The summed E-state index contributed by atoms with van der Waals surface area (Å²) in [6.45, 7) is 4.29. The maximum atomic E-state index is 5.69. The fraction of sp³-hybridized carbons (Fsp3) is 0.333. The molecule has 11 heavy (non-hydrogen) atoms. The molecule has 60 valence electrons. The van der Waals surface area contributed by atoms with Crippen molar-refractivity contribution in [1.82, 2.24) is 0 Å². The molecule has 0 spiro atoms. The lowest BCUT2D eigenvalue weighted by molar-refractivity contribution is 1.35. The van der Waals surface area contributed by atoms with Crippen molar-refractivity contribution in [2.24, 2.45) is 0 Å². The molecule has 0 heterocycles. The average molecular weight is 185 g/mol. The second-order valence-corrected chi connectivity index (χ2v) is 5.69. The molecular weight excluding hydrogens is 172 g/mol. The lowest BCUT2D eigenvalue weighted by Gasteiger charge is -2.01. The molecule has 0 aliphatic carbocycles. The van der Waals surface area contributed by atoms with E-state index in [1.165, 1.54) is 16.3 Å². The van der Waals surface area contributed by atoms with E-state index in [1.807, 2.05) is 0 Å². The smallest absolute Gasteiger partial charge is 0.0714 e. The Kier molecular flexibility index (Phi) is 3.15. The Morgan fingerprint density at radius 2 is 2.00 bits per heavy atom. The van der Waals surface area contributed by atoms with Gasteiger partial charge in [-0.1, -0.05) is 23.4 Å². The summed E-state index contributed by atoms with van der Waals surface area (Å²) in [6.07, 6.45) is 0. The predicted octanol–water partition coefficient (Wildman–Crippen LogP) is 1.29. The van der Waals surface area contributed by atoms with Gasteiger partial charge in [0.25, 0.3) is 0 Å². The zero-order chi connectivity index (χ0) is 8.27. The molecule has 0 fully saturated rings. The molecule has 0 aliphatic rings. The average Bonchev–Trinajstić information content (AvgIpc) is 1.98. The van der Waals surface area contributed by atoms with Crippen molar-refractivity contribution in [1.29, 1.82) is 0 Å². The van der Waals surface area contributed by atoms with Crippen molar-refractivity contribution in [3.8, 4) is 0 Å². The molecule has 0 bridgehead atoms. The van der Waals surface area contributed by atoms with Crippen LogP contribution in [0.3, 0.4) is 0 Å². The van der Waals surface area contributed by atoms with Gasteiger partial charge in [-0.15, -0.1) is 11.6 Å². The highest BCUT2D eigenvalue weighted by Crippen LogP contribution is 2.02. The zero-order valence-electron chi connectivity index (χ0n) is 7.02. The van der Waals surface area contributed by atoms with Crippen LogP contribution in [0.5, 0.6) is 0 Å². The van der Waals surface area contributed by atoms with E-state index in [1.54, 1.807) is 0 Å². The van der Waals surface area contributed by atoms with Gasteiger partial charge in [-0.2, -0.15) is 0 Å². The van der Waals surface area contributed by atoms with E-state index >= 15 is 0 Å². The Bertz CT molecular complexity index is 245. The van der Waals surface area contributed by atoms with Gasteiger partial charge in [-0.3, -0.25) is 0 Å². The maximum Gasteiger partial charge on any atom is 0.0714 e. The molecule has 0 nitrogen and oxygen atoms in total. The largest absolute Gasteiger partial charge is 0.130 e. The maximum absolute atomic E-state index is 5.69. The van der Waals surface area contributed by atoms with Crippen LogP contribution in [0, 0.1) is 13.8 Å². The van der Waals surface area contributed by atoms with Crippen molar-refractivity contribution in [2.75, 3.05) is 5.50 Å². The summed E-state index contributed by atoms with van der Waals surface area (Å²) in [4.78, 5) is 0. The summed E-state index contributed by atoms with van der Waals surface area (Å²) in [6, 6.07) is 6.66. The van der Waals surface area contributed by atoms with Gasteiger partial charge in [0.1, 0.15) is 0 Å². The quantitative estimate of drug-likeness (QED) is 0.480. The minimum Gasteiger partial charge on any atom is -0.130 e. The van der Waals surface area contributed by atoms with Gasteiger partial charge >= 0.3 is 0 Å². The molecule has 0 aliphatic heterocycles. The molecule has 1 rings (SSSR count). The molecule has 0 saturated heterocycles. The van der Waals surface area contributed by atoms with E-state index in [9.17, 15) is 0 Å². The Morgan fingerprint density at radius 3 is 2.55 bits per heavy atom. The third-order valence-corrected chi connectivity index (χ3v) is 3.73. The van der Waals surface area contributed by atoms with E-state index in [4.69, 9.17) is 11.6 Å². The Hall–Kier alpha value is -0.273. The normalized spacial score (nSPS) is 11.2. The van der Waals surface area contributed by atoms with Crippen LogP contribution < -0.4 is 5.19 Å². The first kappa shape index (κ1) is 8.82. The van der Waals surface area contributed by atoms with Gasteiger partial charge in [0.2, 0.25) is 0 Å². The summed E-state index contributed by atoms with van der Waals surface area (Å²) in [5, 5.41) is 1.48. The SMILES string of the molecule is Cc1ccc([SiH2]CCl)cc1C. The topological polar surface area (TPSA) is 0 Å². The lowest BCUT2D eigenvalue weighted by atomic mass is 10.1. The molecule has 1 aromatic carbocycles. The number of hydrogen-bond donors (Lipinski definition) is 0. The van der Waals surface area contributed by atoms with Crippen LogP contribution in [0.2, 0.25) is 0 Å². The van der Waals surface area contributed by atoms with Crippen molar-refractivity contribution in [2.45, 2.75) is 13.8 Å². The van der Waals surface area contributed by atoms with Gasteiger partial charge < -0.3 is 0 Å². The van der Waals surface area contributed by atoms with Crippen LogP contribution >= 0.6 is 11.6 Å². The van der Waals surface area contributed by atoms with Crippen molar-refractivity contribution in [3.05, 3.63) is 29.3 Å². The summed E-state index contributed by atoms with van der Waals surface area (Å²) < 4.78 is 0. The molecule has 0 atom stereocenters. The fourth-order valence-electron chi connectivity index (χ4n) is 1.07. The van der Waals surface area contributed by atoms with Gasteiger partial charge in [0.15, 0.2) is 0 Å². The van der Waals surface area contributed by atoms with Gasteiger partial charge in [-0.25, -0.2) is 0 Å². The first-order valence-corrected chi connectivity index (χ1v) is 6.10. The third kappa shape index (κ3) is 2.35. The Labute approximate surface area is 75.4 Å². The van der Waals surface area contributed by atoms with Crippen LogP contribution in [-0.2, 0) is 0 Å². The number of benzene rings is 1. The van der Waals surface area contributed by atoms with E-state index < -0.39 is 0 Å². The van der Waals surface area contributed by atoms with Crippen molar-refractivity contribution >= 4 is 26.3 Å². The number of alkyl halides is 1. The van der Waals surface area contributed by atoms with E-state index in [2.05, 4.69) is 32.0 Å². The van der Waals surface area contributed by atoms with E-state index in [-0.39, 0.29) is 9.52 Å². The molecular formula is C9H13ClSi. The van der Waals surface area contributed by atoms with Crippen LogP contribution in [0.4, 0.5) is 0 Å². The first-order valence-electron chi connectivity index (χ1n) is 3.86. The van der Waals surface area contributed by atoms with E-state index in [0.717, 1.165) is 5.50 Å². The minimum atomic E-state index is -0.173. The first-order chi connectivity index (χ1) is 5.24. The van der Waals surface area contributed by atoms with Gasteiger partial charge in [0.05, 0.1) is 9.52 Å². The lowest BCUT2D eigenvalue weighted by Crippen LogP contribution is -2.15. The molecule has 2 heteroatoms. The monoisotopic (exact) mass is 184 g/mol. The van der Waals surface area contributed by atoms with Crippen LogP contribution in [0.1, 0.15) is 11.1 Å². The fourth-order valence-corrected chi connectivity index (χ4v) is 2.68. The van der Waals surface area contributed by atoms with Crippen molar-refractivity contribution < 1.29 is 0 Å². The predicted molar refractivity (Wildman–Crippen MR) is 54.8 cm³/mol. The standard InChI is InChI=1S/C9H13ClSi/c1-7-3-4-9(11-6-10)5-8(7)2/h3-5H,6,11H2,1-2H3. The zero-order valence-corrected chi connectivity index (χ0v) is 9.19. The van der Waals surface area contributed by atoms with Gasteiger partial charge in [-0.05, 0) is 25.0 Å². The summed E-state index contributed by atoms with van der Waals surface area (Å²) in [5.41, 5.74) is 3.61. The summed E-state index contributed by atoms with van der Waals surface area (Å²) in [5.74, 6) is 0. The molecule has 1 aromatic rings. The van der Waals surface area contributed by atoms with Gasteiger partial charge in [0, 0.05) is 5.50 Å². The highest BCUT2D eigenvalue weighted by atomic mass is 35.5. The Morgan fingerprint density at radius 1 is 1.27 bits per heavy atom. The van der Waals surface area contributed by atoms with Crippen LogP contribution in [-0.4, -0.2) is 15.0 Å². The second-order valence-electron chi connectivity index (χ2n) is 2.86. The summed E-state index contributed by atoms with van der Waals surface area (Å²) >= 11 is 5.69. The molecule has 0 N–H and O–H groups in total. The van der Waals surface area contributed by atoms with Crippen LogP contribution in [0.25, 0.3) is 0 Å². The molecule has 0 amide bonds. The molecule has 0 saturated carbocycles. The summed E-state index contributed by atoms with van der Waals surface area (Å²) in [7, 11) is -0.173. The molecule has 0 aromatic heterocycles. The number of hydrogen-bond acceptors (Lipinski definition) is 0. The van der Waals surface area contributed by atoms with Crippen LogP contribution in [0.15, 0.2) is 18.2 Å². The second kappa shape index (κ2) is 3.93. The minimum absolute atomic E-state index is 0.173. The number of rotatable bonds is 2. The highest BCUT2D eigenvalue weighted by molar-refractivity contribution is 6.62. The van der Waals surface area contributed by atoms with E-state index in [0.29, 0.717) is 0 Å². The number of aryl methyl sites for hydroxylation is 2. The Balaban J connectivity index is 2.86.